The number of amides is 1. The molecule has 0 radical (unpaired) electrons. The summed E-state index contributed by atoms with van der Waals surface area (Å²) in [5.74, 6) is 0.130. The van der Waals surface area contributed by atoms with E-state index in [0.717, 1.165) is 17.7 Å². The number of aryl methyl sites for hydroxylation is 2. The third-order valence-corrected chi connectivity index (χ3v) is 3.58. The van der Waals surface area contributed by atoms with Gasteiger partial charge in [-0.3, -0.25) is 4.79 Å². The molecule has 0 atom stereocenters. The van der Waals surface area contributed by atoms with E-state index in [-0.39, 0.29) is 5.91 Å². The van der Waals surface area contributed by atoms with Crippen LogP contribution in [-0.2, 0) is 4.74 Å². The molecule has 0 aliphatic carbocycles. The molecule has 1 heterocycles. The zero-order chi connectivity index (χ0) is 17.5. The van der Waals surface area contributed by atoms with Crippen LogP contribution in [0.4, 0.5) is 11.6 Å². The molecule has 0 aliphatic heterocycles. The van der Waals surface area contributed by atoms with Gasteiger partial charge < -0.3 is 15.4 Å². The molecule has 0 unspecified atom stereocenters. The second-order valence-corrected chi connectivity index (χ2v) is 5.84. The first-order valence-electron chi connectivity index (χ1n) is 7.65. The van der Waals surface area contributed by atoms with Crippen LogP contribution in [0, 0.1) is 13.8 Å². The Labute approximate surface area is 146 Å². The van der Waals surface area contributed by atoms with Gasteiger partial charge in [-0.2, -0.15) is 0 Å². The molecule has 2 rings (SSSR count). The Morgan fingerprint density at radius 2 is 2.04 bits per heavy atom. The minimum atomic E-state index is -0.234. The lowest BCUT2D eigenvalue weighted by Gasteiger charge is -2.11. The zero-order valence-electron chi connectivity index (χ0n) is 14.0. The molecule has 6 nitrogen and oxygen atoms in total. The Hall–Kier alpha value is -2.18. The van der Waals surface area contributed by atoms with Crippen molar-refractivity contribution in [1.29, 1.82) is 0 Å². The van der Waals surface area contributed by atoms with E-state index < -0.39 is 0 Å². The lowest BCUT2D eigenvalue weighted by molar-refractivity contribution is 0.0943. The van der Waals surface area contributed by atoms with E-state index in [4.69, 9.17) is 16.3 Å². The number of anilines is 2. The van der Waals surface area contributed by atoms with Crippen LogP contribution < -0.4 is 10.6 Å². The highest BCUT2D eigenvalue weighted by atomic mass is 35.5. The summed E-state index contributed by atoms with van der Waals surface area (Å²) in [5.41, 5.74) is 2.84. The van der Waals surface area contributed by atoms with E-state index in [2.05, 4.69) is 20.6 Å². The van der Waals surface area contributed by atoms with E-state index in [1.807, 2.05) is 26.0 Å². The third kappa shape index (κ3) is 5.18. The molecule has 2 N–H and O–H groups in total. The molecule has 0 aliphatic rings. The lowest BCUT2D eigenvalue weighted by Crippen LogP contribution is -2.26. The Bertz CT molecular complexity index is 722. The van der Waals surface area contributed by atoms with Gasteiger partial charge in [0.2, 0.25) is 5.95 Å². The largest absolute Gasteiger partial charge is 0.385 e. The Morgan fingerprint density at radius 3 is 2.79 bits per heavy atom. The van der Waals surface area contributed by atoms with Gasteiger partial charge in [0.05, 0.1) is 0 Å². The van der Waals surface area contributed by atoms with E-state index in [0.29, 0.717) is 35.5 Å². The van der Waals surface area contributed by atoms with Gasteiger partial charge in [-0.1, -0.05) is 17.7 Å². The normalized spacial score (nSPS) is 10.5. The number of hydrogen-bond acceptors (Lipinski definition) is 5. The zero-order valence-corrected chi connectivity index (χ0v) is 14.8. The number of hydrogen-bond donors (Lipinski definition) is 2. The van der Waals surface area contributed by atoms with Crippen LogP contribution in [0.1, 0.15) is 28.2 Å². The summed E-state index contributed by atoms with van der Waals surface area (Å²) in [6.45, 7) is 4.91. The summed E-state index contributed by atoms with van der Waals surface area (Å²) in [5, 5.41) is 6.55. The summed E-state index contributed by atoms with van der Waals surface area (Å²) < 4.78 is 4.96. The highest BCUT2D eigenvalue weighted by molar-refractivity contribution is 6.30. The minimum Gasteiger partial charge on any atom is -0.385 e. The summed E-state index contributed by atoms with van der Waals surface area (Å²) in [7, 11) is 1.63. The van der Waals surface area contributed by atoms with Crippen LogP contribution in [-0.4, -0.2) is 36.1 Å². The first-order valence-corrected chi connectivity index (χ1v) is 8.03. The molecule has 0 saturated carbocycles. The van der Waals surface area contributed by atoms with E-state index >= 15 is 0 Å². The predicted molar refractivity (Wildman–Crippen MR) is 95.1 cm³/mol. The molecule has 2 aromatic rings. The van der Waals surface area contributed by atoms with Crippen LogP contribution in [0.15, 0.2) is 24.3 Å². The van der Waals surface area contributed by atoms with Crippen molar-refractivity contribution >= 4 is 29.1 Å². The van der Waals surface area contributed by atoms with Gasteiger partial charge in [0.15, 0.2) is 0 Å². The van der Waals surface area contributed by atoms with Crippen LogP contribution >= 0.6 is 11.6 Å². The van der Waals surface area contributed by atoms with E-state index in [1.54, 1.807) is 19.2 Å². The van der Waals surface area contributed by atoms with Crippen molar-refractivity contribution in [2.75, 3.05) is 25.6 Å². The van der Waals surface area contributed by atoms with E-state index in [1.165, 1.54) is 0 Å². The van der Waals surface area contributed by atoms with Gasteiger partial charge in [0.25, 0.3) is 5.91 Å². The molecule has 0 saturated heterocycles. The quantitative estimate of drug-likeness (QED) is 0.751. The van der Waals surface area contributed by atoms with Crippen molar-refractivity contribution in [2.45, 2.75) is 20.3 Å². The average Bonchev–Trinajstić information content (AvgIpc) is 2.54. The molecular formula is C17H21ClN4O2. The summed E-state index contributed by atoms with van der Waals surface area (Å²) in [4.78, 5) is 20.8. The van der Waals surface area contributed by atoms with Crippen LogP contribution in [0.5, 0.6) is 0 Å². The number of nitrogens with one attached hydrogen (secondary N) is 2. The number of ether oxygens (including phenoxy) is 1. The Kier molecular flexibility index (Phi) is 6.52. The smallest absolute Gasteiger partial charge is 0.270 e. The molecule has 1 amide bonds. The van der Waals surface area contributed by atoms with Crippen LogP contribution in [0.3, 0.4) is 0 Å². The average molecular weight is 349 g/mol. The first-order chi connectivity index (χ1) is 11.5. The van der Waals surface area contributed by atoms with Gasteiger partial charge in [-0.15, -0.1) is 0 Å². The Morgan fingerprint density at radius 1 is 1.25 bits per heavy atom. The number of benzene rings is 1. The molecule has 128 valence electrons. The summed E-state index contributed by atoms with van der Waals surface area (Å²) in [6, 6.07) is 7.18. The van der Waals surface area contributed by atoms with Crippen molar-refractivity contribution in [3.63, 3.8) is 0 Å². The number of carbonyl (C=O) groups is 1. The number of nitrogens with zero attached hydrogens (tertiary/aromatic N) is 2. The van der Waals surface area contributed by atoms with Crippen molar-refractivity contribution in [3.05, 3.63) is 46.2 Å². The molecule has 1 aromatic carbocycles. The fourth-order valence-corrected chi connectivity index (χ4v) is 2.27. The number of aromatic nitrogens is 2. The first kappa shape index (κ1) is 18.2. The van der Waals surface area contributed by atoms with Crippen molar-refractivity contribution in [2.24, 2.45) is 0 Å². The standard InChI is InChI=1S/C17H21ClN4O2/c1-11-5-6-13(18)10-14(11)21-17-20-12(2)9-15(22-17)16(23)19-7-4-8-24-3/h5-6,9-10H,4,7-8H2,1-3H3,(H,19,23)(H,20,21,22). The van der Waals surface area contributed by atoms with Gasteiger partial charge in [-0.05, 0) is 44.0 Å². The maximum atomic E-state index is 12.2. The molecule has 0 fully saturated rings. The highest BCUT2D eigenvalue weighted by Crippen LogP contribution is 2.22. The fraction of sp³-hybridized carbons (Fsp3) is 0.353. The molecule has 1 aromatic heterocycles. The van der Waals surface area contributed by atoms with Crippen molar-refractivity contribution in [1.82, 2.24) is 15.3 Å². The second kappa shape index (κ2) is 8.61. The van der Waals surface area contributed by atoms with Crippen LogP contribution in [0.25, 0.3) is 0 Å². The topological polar surface area (TPSA) is 76.1 Å². The molecule has 0 spiro atoms. The third-order valence-electron chi connectivity index (χ3n) is 3.34. The van der Waals surface area contributed by atoms with Crippen LogP contribution in [0.2, 0.25) is 5.02 Å². The molecule has 0 bridgehead atoms. The van der Waals surface area contributed by atoms with Gasteiger partial charge in [0, 0.05) is 36.7 Å². The Balaban J connectivity index is 2.13. The lowest BCUT2D eigenvalue weighted by atomic mass is 10.2. The number of methoxy groups -OCH3 is 1. The van der Waals surface area contributed by atoms with Crippen molar-refractivity contribution < 1.29 is 9.53 Å². The number of carbonyl (C=O) groups excluding carboxylic acids is 1. The van der Waals surface area contributed by atoms with E-state index in [9.17, 15) is 4.79 Å². The highest BCUT2D eigenvalue weighted by Gasteiger charge is 2.11. The molecule has 7 heteroatoms. The van der Waals surface area contributed by atoms with Crippen molar-refractivity contribution in [3.8, 4) is 0 Å². The van der Waals surface area contributed by atoms with Gasteiger partial charge >= 0.3 is 0 Å². The minimum absolute atomic E-state index is 0.234. The maximum absolute atomic E-state index is 12.2. The predicted octanol–water partition coefficient (Wildman–Crippen LogP) is 3.26. The molecular weight excluding hydrogens is 328 g/mol. The SMILES string of the molecule is COCCCNC(=O)c1cc(C)nc(Nc2cc(Cl)ccc2C)n1. The maximum Gasteiger partial charge on any atom is 0.270 e. The summed E-state index contributed by atoms with van der Waals surface area (Å²) >= 11 is 6.02. The fourth-order valence-electron chi connectivity index (χ4n) is 2.10. The monoisotopic (exact) mass is 348 g/mol. The van der Waals surface area contributed by atoms with Gasteiger partial charge in [0.1, 0.15) is 5.69 Å². The number of rotatable bonds is 7. The molecule has 24 heavy (non-hydrogen) atoms. The second-order valence-electron chi connectivity index (χ2n) is 5.40. The summed E-state index contributed by atoms with van der Waals surface area (Å²) in [6.07, 6.45) is 0.749. The number of halogens is 1. The van der Waals surface area contributed by atoms with Gasteiger partial charge in [-0.25, -0.2) is 9.97 Å².